The monoisotopic (exact) mass is 351 g/mol. The summed E-state index contributed by atoms with van der Waals surface area (Å²) in [5, 5.41) is 6.26. The molecule has 2 aromatic heterocycles. The molecule has 0 aliphatic heterocycles. The fourth-order valence-electron chi connectivity index (χ4n) is 2.36. The summed E-state index contributed by atoms with van der Waals surface area (Å²) in [5.74, 6) is -0.0635. The number of hydrogen-bond acceptors (Lipinski definition) is 5. The fourth-order valence-corrected chi connectivity index (χ4v) is 4.07. The van der Waals surface area contributed by atoms with Crippen LogP contribution in [0.15, 0.2) is 60.0 Å². The lowest BCUT2D eigenvalue weighted by Gasteiger charge is -2.01. The number of thiazole rings is 2. The van der Waals surface area contributed by atoms with E-state index in [2.05, 4.69) is 15.3 Å². The highest BCUT2D eigenvalue weighted by Gasteiger charge is 2.12. The highest BCUT2D eigenvalue weighted by molar-refractivity contribution is 7.22. The summed E-state index contributed by atoms with van der Waals surface area (Å²) in [5.41, 5.74) is 2.76. The van der Waals surface area contributed by atoms with Gasteiger partial charge in [-0.2, -0.15) is 0 Å². The second kappa shape index (κ2) is 6.51. The molecule has 1 amide bonds. The van der Waals surface area contributed by atoms with Gasteiger partial charge in [-0.05, 0) is 17.7 Å². The third-order valence-corrected chi connectivity index (χ3v) is 5.29. The molecule has 24 heavy (non-hydrogen) atoms. The number of nitrogens with zero attached hydrogens (tertiary/aromatic N) is 2. The number of aromatic nitrogens is 2. The summed E-state index contributed by atoms with van der Waals surface area (Å²) >= 11 is 3.02. The largest absolute Gasteiger partial charge is 0.302 e. The summed E-state index contributed by atoms with van der Waals surface area (Å²) in [4.78, 5) is 21.2. The first-order chi connectivity index (χ1) is 11.8. The predicted molar refractivity (Wildman–Crippen MR) is 99.5 cm³/mol. The van der Waals surface area contributed by atoms with Crippen LogP contribution in [0.25, 0.3) is 20.9 Å². The molecule has 0 saturated carbocycles. The van der Waals surface area contributed by atoms with Gasteiger partial charge in [-0.3, -0.25) is 4.79 Å². The third-order valence-electron chi connectivity index (χ3n) is 3.47. The van der Waals surface area contributed by atoms with E-state index >= 15 is 0 Å². The van der Waals surface area contributed by atoms with Crippen molar-refractivity contribution in [3.63, 3.8) is 0 Å². The molecule has 0 unspecified atom stereocenters. The standard InChI is InChI=1S/C18H13N3OS2/c22-16(10-12-6-2-1-3-7-12)21-18-20-14(11-23-18)17-19-13-8-4-5-9-15(13)24-17/h1-9,11H,10H2,(H,20,21,22). The molecule has 118 valence electrons. The van der Waals surface area contributed by atoms with Crippen LogP contribution in [0.2, 0.25) is 0 Å². The van der Waals surface area contributed by atoms with Crippen LogP contribution in [0, 0.1) is 0 Å². The Labute approximate surface area is 146 Å². The Balaban J connectivity index is 1.49. The molecule has 0 spiro atoms. The number of nitrogens with one attached hydrogen (secondary N) is 1. The van der Waals surface area contributed by atoms with E-state index in [4.69, 9.17) is 0 Å². The Kier molecular flexibility index (Phi) is 4.06. The van der Waals surface area contributed by atoms with Gasteiger partial charge in [0.05, 0.1) is 16.6 Å². The lowest BCUT2D eigenvalue weighted by Crippen LogP contribution is -2.14. The molecule has 0 radical (unpaired) electrons. The van der Waals surface area contributed by atoms with E-state index in [9.17, 15) is 4.79 Å². The van der Waals surface area contributed by atoms with Gasteiger partial charge in [0.2, 0.25) is 5.91 Å². The van der Waals surface area contributed by atoms with Crippen LogP contribution in [0.5, 0.6) is 0 Å². The van der Waals surface area contributed by atoms with Crippen LogP contribution in [-0.2, 0) is 11.2 Å². The highest BCUT2D eigenvalue weighted by Crippen LogP contribution is 2.31. The van der Waals surface area contributed by atoms with Gasteiger partial charge in [-0.15, -0.1) is 22.7 Å². The molecule has 2 heterocycles. The summed E-state index contributed by atoms with van der Waals surface area (Å²) in [6.45, 7) is 0. The van der Waals surface area contributed by atoms with E-state index in [1.54, 1.807) is 11.3 Å². The van der Waals surface area contributed by atoms with Crippen LogP contribution >= 0.6 is 22.7 Å². The topological polar surface area (TPSA) is 54.9 Å². The molecule has 4 rings (SSSR count). The number of para-hydroxylation sites is 1. The Morgan fingerprint density at radius 2 is 1.79 bits per heavy atom. The molecule has 4 aromatic rings. The van der Waals surface area contributed by atoms with Crippen molar-refractivity contribution in [2.45, 2.75) is 6.42 Å². The SMILES string of the molecule is O=C(Cc1ccccc1)Nc1nc(-c2nc3ccccc3s2)cs1. The number of rotatable bonds is 4. The van der Waals surface area contributed by atoms with E-state index in [-0.39, 0.29) is 5.91 Å². The van der Waals surface area contributed by atoms with Crippen molar-refractivity contribution < 1.29 is 4.79 Å². The molecule has 2 aromatic carbocycles. The van der Waals surface area contributed by atoms with Crippen molar-refractivity contribution in [2.75, 3.05) is 5.32 Å². The van der Waals surface area contributed by atoms with Crippen molar-refractivity contribution in [3.8, 4) is 10.7 Å². The number of carbonyl (C=O) groups excluding carboxylic acids is 1. The lowest BCUT2D eigenvalue weighted by atomic mass is 10.1. The maximum Gasteiger partial charge on any atom is 0.230 e. The van der Waals surface area contributed by atoms with Crippen molar-refractivity contribution in [2.24, 2.45) is 0 Å². The number of fused-ring (bicyclic) bond motifs is 1. The number of anilines is 1. The van der Waals surface area contributed by atoms with Crippen molar-refractivity contribution >= 4 is 43.9 Å². The van der Waals surface area contributed by atoms with E-state index in [0.717, 1.165) is 26.5 Å². The van der Waals surface area contributed by atoms with Crippen molar-refractivity contribution in [1.82, 2.24) is 9.97 Å². The number of carbonyl (C=O) groups is 1. The Morgan fingerprint density at radius 3 is 2.62 bits per heavy atom. The average Bonchev–Trinajstić information content (AvgIpc) is 3.22. The van der Waals surface area contributed by atoms with E-state index in [1.165, 1.54) is 11.3 Å². The van der Waals surface area contributed by atoms with Gasteiger partial charge < -0.3 is 5.32 Å². The third kappa shape index (κ3) is 3.20. The van der Waals surface area contributed by atoms with Crippen LogP contribution in [0.1, 0.15) is 5.56 Å². The van der Waals surface area contributed by atoms with Gasteiger partial charge in [0.25, 0.3) is 0 Å². The van der Waals surface area contributed by atoms with Crippen LogP contribution < -0.4 is 5.32 Å². The minimum Gasteiger partial charge on any atom is -0.302 e. The second-order valence-corrected chi connectivity index (χ2v) is 7.12. The van der Waals surface area contributed by atoms with Crippen LogP contribution in [0.3, 0.4) is 0 Å². The van der Waals surface area contributed by atoms with Gasteiger partial charge in [-0.1, -0.05) is 42.5 Å². The Hall–Kier alpha value is -2.57. The van der Waals surface area contributed by atoms with E-state index < -0.39 is 0 Å². The Morgan fingerprint density at radius 1 is 1.00 bits per heavy atom. The molecule has 1 N–H and O–H groups in total. The number of amides is 1. The van der Waals surface area contributed by atoms with Gasteiger partial charge in [0.1, 0.15) is 10.7 Å². The zero-order valence-electron chi connectivity index (χ0n) is 12.6. The average molecular weight is 351 g/mol. The fraction of sp³-hybridized carbons (Fsp3) is 0.0556. The number of benzene rings is 2. The Bertz CT molecular complexity index is 959. The lowest BCUT2D eigenvalue weighted by molar-refractivity contribution is -0.115. The summed E-state index contributed by atoms with van der Waals surface area (Å²) in [6, 6.07) is 17.7. The summed E-state index contributed by atoms with van der Waals surface area (Å²) in [6.07, 6.45) is 0.344. The van der Waals surface area contributed by atoms with E-state index in [0.29, 0.717) is 11.6 Å². The van der Waals surface area contributed by atoms with Gasteiger partial charge in [0, 0.05) is 5.38 Å². The first kappa shape index (κ1) is 15.0. The highest BCUT2D eigenvalue weighted by atomic mass is 32.1. The smallest absolute Gasteiger partial charge is 0.230 e. The molecule has 0 fully saturated rings. The molecular weight excluding hydrogens is 338 g/mol. The van der Waals surface area contributed by atoms with Crippen molar-refractivity contribution in [1.29, 1.82) is 0 Å². The normalized spacial score (nSPS) is 10.8. The quantitative estimate of drug-likeness (QED) is 0.584. The summed E-state index contributed by atoms with van der Waals surface area (Å²) < 4.78 is 1.13. The minimum absolute atomic E-state index is 0.0635. The molecule has 0 saturated heterocycles. The molecular formula is C18H13N3OS2. The van der Waals surface area contributed by atoms with E-state index in [1.807, 2.05) is 60.0 Å². The maximum atomic E-state index is 12.1. The minimum atomic E-state index is -0.0635. The van der Waals surface area contributed by atoms with Gasteiger partial charge in [0.15, 0.2) is 5.13 Å². The zero-order valence-corrected chi connectivity index (χ0v) is 14.2. The molecule has 6 heteroatoms. The molecule has 0 bridgehead atoms. The first-order valence-electron chi connectivity index (χ1n) is 7.43. The predicted octanol–water partition coefficient (Wildman–Crippen LogP) is 4.60. The number of hydrogen-bond donors (Lipinski definition) is 1. The van der Waals surface area contributed by atoms with Gasteiger partial charge >= 0.3 is 0 Å². The molecule has 0 aliphatic rings. The second-order valence-electron chi connectivity index (χ2n) is 5.24. The van der Waals surface area contributed by atoms with Crippen LogP contribution in [0.4, 0.5) is 5.13 Å². The van der Waals surface area contributed by atoms with Crippen molar-refractivity contribution in [3.05, 3.63) is 65.5 Å². The summed E-state index contributed by atoms with van der Waals surface area (Å²) in [7, 11) is 0. The van der Waals surface area contributed by atoms with Gasteiger partial charge in [-0.25, -0.2) is 9.97 Å². The first-order valence-corrected chi connectivity index (χ1v) is 9.13. The maximum absolute atomic E-state index is 12.1. The molecule has 4 nitrogen and oxygen atoms in total. The zero-order chi connectivity index (χ0) is 16.4. The van der Waals surface area contributed by atoms with Crippen LogP contribution in [-0.4, -0.2) is 15.9 Å². The molecule has 0 aliphatic carbocycles. The molecule has 0 atom stereocenters.